The fourth-order valence-electron chi connectivity index (χ4n) is 2.40. The number of aliphatic imine (C=N–C) groups is 1. The molecule has 0 radical (unpaired) electrons. The second kappa shape index (κ2) is 7.51. The highest BCUT2D eigenvalue weighted by Crippen LogP contribution is 2.40. The molecule has 1 fully saturated rings. The summed E-state index contributed by atoms with van der Waals surface area (Å²) < 4.78 is 61.6. The SMILES string of the molecule is CNC1=N[C@@H]2[C@@H](O)[C@H](O)C([C@@H](OCCCF)C(F)(F)F)O[C@@H]2S1. The van der Waals surface area contributed by atoms with Crippen LogP contribution in [0.2, 0.25) is 0 Å². The van der Waals surface area contributed by atoms with Gasteiger partial charge in [0.1, 0.15) is 29.8 Å². The Morgan fingerprint density at radius 3 is 2.65 bits per heavy atom. The van der Waals surface area contributed by atoms with E-state index in [4.69, 9.17) is 4.74 Å². The summed E-state index contributed by atoms with van der Waals surface area (Å²) in [7, 11) is 1.57. The molecular formula is C12H18F4N2O4S. The molecule has 134 valence electrons. The van der Waals surface area contributed by atoms with Crippen LogP contribution in [0.5, 0.6) is 0 Å². The first-order valence-electron chi connectivity index (χ1n) is 6.97. The number of alkyl halides is 4. The Balaban J connectivity index is 2.14. The molecule has 0 amide bonds. The average molecular weight is 362 g/mol. The monoisotopic (exact) mass is 362 g/mol. The fourth-order valence-corrected chi connectivity index (χ4v) is 3.46. The lowest BCUT2D eigenvalue weighted by molar-refractivity contribution is -0.284. The van der Waals surface area contributed by atoms with Crippen molar-refractivity contribution in [2.24, 2.45) is 4.99 Å². The molecule has 2 aliphatic heterocycles. The molecule has 6 nitrogen and oxygen atoms in total. The predicted molar refractivity (Wildman–Crippen MR) is 74.9 cm³/mol. The van der Waals surface area contributed by atoms with Gasteiger partial charge in [-0.3, -0.25) is 9.38 Å². The number of hydrogen-bond donors (Lipinski definition) is 3. The Hall–Kier alpha value is -0.620. The molecule has 0 aliphatic carbocycles. The minimum Gasteiger partial charge on any atom is -0.388 e. The third kappa shape index (κ3) is 4.08. The smallest absolute Gasteiger partial charge is 0.388 e. The summed E-state index contributed by atoms with van der Waals surface area (Å²) in [5.74, 6) is 0. The van der Waals surface area contributed by atoms with Gasteiger partial charge in [0.05, 0.1) is 13.3 Å². The van der Waals surface area contributed by atoms with Gasteiger partial charge in [-0.1, -0.05) is 11.8 Å². The maximum absolute atomic E-state index is 13.2. The van der Waals surface area contributed by atoms with Gasteiger partial charge in [-0.15, -0.1) is 0 Å². The molecule has 1 saturated heterocycles. The van der Waals surface area contributed by atoms with Gasteiger partial charge in [0.15, 0.2) is 11.3 Å². The number of aliphatic hydroxyl groups excluding tert-OH is 2. The molecule has 2 aliphatic rings. The van der Waals surface area contributed by atoms with Crippen molar-refractivity contribution >= 4 is 16.9 Å². The quantitative estimate of drug-likeness (QED) is 0.486. The van der Waals surface area contributed by atoms with Crippen molar-refractivity contribution in [2.75, 3.05) is 20.3 Å². The van der Waals surface area contributed by atoms with Crippen molar-refractivity contribution in [3.8, 4) is 0 Å². The van der Waals surface area contributed by atoms with Gasteiger partial charge >= 0.3 is 6.18 Å². The number of rotatable bonds is 5. The summed E-state index contributed by atoms with van der Waals surface area (Å²) >= 11 is 1.02. The van der Waals surface area contributed by atoms with E-state index >= 15 is 0 Å². The maximum Gasteiger partial charge on any atom is 0.417 e. The maximum atomic E-state index is 13.2. The van der Waals surface area contributed by atoms with Crippen molar-refractivity contribution in [1.82, 2.24) is 5.32 Å². The van der Waals surface area contributed by atoms with Crippen LogP contribution in [0.1, 0.15) is 6.42 Å². The number of nitrogens with zero attached hydrogens (tertiary/aromatic N) is 1. The van der Waals surface area contributed by atoms with E-state index < -0.39 is 55.4 Å². The Bertz CT molecular complexity index is 440. The molecule has 0 aromatic heterocycles. The number of hydrogen-bond acceptors (Lipinski definition) is 7. The summed E-state index contributed by atoms with van der Waals surface area (Å²) in [5, 5.41) is 23.2. The number of halogens is 4. The molecule has 3 N–H and O–H groups in total. The zero-order valence-electron chi connectivity index (χ0n) is 12.2. The Kier molecular flexibility index (Phi) is 6.11. The predicted octanol–water partition coefficient (Wildman–Crippen LogP) is 0.431. The second-order valence-electron chi connectivity index (χ2n) is 5.12. The van der Waals surface area contributed by atoms with E-state index in [-0.39, 0.29) is 6.42 Å². The van der Waals surface area contributed by atoms with Crippen molar-refractivity contribution in [3.05, 3.63) is 0 Å². The molecule has 23 heavy (non-hydrogen) atoms. The van der Waals surface area contributed by atoms with Crippen LogP contribution in [0, 0.1) is 0 Å². The van der Waals surface area contributed by atoms with Crippen LogP contribution in [-0.4, -0.2) is 77.8 Å². The zero-order chi connectivity index (χ0) is 17.2. The zero-order valence-corrected chi connectivity index (χ0v) is 13.0. The number of nitrogens with one attached hydrogen (secondary N) is 1. The molecule has 0 spiro atoms. The summed E-state index contributed by atoms with van der Waals surface area (Å²) in [4.78, 5) is 4.05. The van der Waals surface area contributed by atoms with Gasteiger partial charge < -0.3 is 25.0 Å². The first-order chi connectivity index (χ1) is 10.8. The second-order valence-corrected chi connectivity index (χ2v) is 6.21. The van der Waals surface area contributed by atoms with E-state index in [1.165, 1.54) is 0 Å². The summed E-state index contributed by atoms with van der Waals surface area (Å²) in [5.41, 5.74) is -0.865. The standard InChI is InChI=1S/C12H18F4N2O4S/c1-17-11-18-5-6(19)7(20)8(22-10(5)23-11)9(12(14,15)16)21-4-2-3-13/h5-10,19-20H,2-4H2,1H3,(H,17,18)/t5-,6-,7+,8?,9-,10-/m1/s1. The Morgan fingerprint density at radius 2 is 2.09 bits per heavy atom. The van der Waals surface area contributed by atoms with Gasteiger partial charge in [0.2, 0.25) is 0 Å². The van der Waals surface area contributed by atoms with E-state index in [9.17, 15) is 27.8 Å². The Morgan fingerprint density at radius 1 is 1.39 bits per heavy atom. The average Bonchev–Trinajstić information content (AvgIpc) is 2.90. The highest BCUT2D eigenvalue weighted by Gasteiger charge is 2.57. The van der Waals surface area contributed by atoms with Crippen LogP contribution in [0.25, 0.3) is 0 Å². The van der Waals surface area contributed by atoms with Crippen molar-refractivity contribution in [1.29, 1.82) is 0 Å². The molecule has 0 bridgehead atoms. The van der Waals surface area contributed by atoms with E-state index in [0.717, 1.165) is 11.8 Å². The Labute approximate surface area is 134 Å². The normalized spacial score (nSPS) is 35.6. The van der Waals surface area contributed by atoms with Gasteiger partial charge in [-0.25, -0.2) is 0 Å². The minimum atomic E-state index is -4.83. The van der Waals surface area contributed by atoms with Crippen LogP contribution >= 0.6 is 11.8 Å². The van der Waals surface area contributed by atoms with Crippen LogP contribution < -0.4 is 5.32 Å². The van der Waals surface area contributed by atoms with E-state index in [1.807, 2.05) is 0 Å². The highest BCUT2D eigenvalue weighted by molar-refractivity contribution is 8.14. The highest BCUT2D eigenvalue weighted by atomic mass is 32.2. The summed E-state index contributed by atoms with van der Waals surface area (Å²) in [6.07, 6.45) is -12.7. The van der Waals surface area contributed by atoms with E-state index in [1.54, 1.807) is 7.05 Å². The molecule has 1 unspecified atom stereocenters. The van der Waals surface area contributed by atoms with Gasteiger partial charge in [-0.2, -0.15) is 13.2 Å². The first-order valence-corrected chi connectivity index (χ1v) is 7.85. The van der Waals surface area contributed by atoms with Gasteiger partial charge in [-0.05, 0) is 6.42 Å². The molecular weight excluding hydrogens is 344 g/mol. The van der Waals surface area contributed by atoms with Crippen LogP contribution in [0.3, 0.4) is 0 Å². The number of amidine groups is 1. The summed E-state index contributed by atoms with van der Waals surface area (Å²) in [6.45, 7) is -1.29. The first kappa shape index (κ1) is 18.7. The van der Waals surface area contributed by atoms with E-state index in [2.05, 4.69) is 15.0 Å². The molecule has 0 saturated carbocycles. The molecule has 0 aromatic rings. The number of thioether (sulfide) groups is 1. The summed E-state index contributed by atoms with van der Waals surface area (Å²) in [6, 6.07) is -0.867. The largest absolute Gasteiger partial charge is 0.417 e. The van der Waals surface area contributed by atoms with Gasteiger partial charge in [0, 0.05) is 7.05 Å². The lowest BCUT2D eigenvalue weighted by Crippen LogP contribution is -2.61. The molecule has 11 heteroatoms. The fraction of sp³-hybridized carbons (Fsp3) is 0.917. The molecule has 0 aromatic carbocycles. The van der Waals surface area contributed by atoms with Gasteiger partial charge in [0.25, 0.3) is 0 Å². The topological polar surface area (TPSA) is 83.3 Å². The molecule has 2 heterocycles. The van der Waals surface area contributed by atoms with E-state index in [0.29, 0.717) is 5.17 Å². The molecule has 2 rings (SSSR count). The van der Waals surface area contributed by atoms with Crippen LogP contribution in [0.15, 0.2) is 4.99 Å². The van der Waals surface area contributed by atoms with Crippen LogP contribution in [0.4, 0.5) is 17.6 Å². The number of ether oxygens (including phenoxy) is 2. The third-order valence-electron chi connectivity index (χ3n) is 3.51. The lowest BCUT2D eigenvalue weighted by Gasteiger charge is -2.41. The number of fused-ring (bicyclic) bond motifs is 1. The van der Waals surface area contributed by atoms with Crippen LogP contribution in [-0.2, 0) is 9.47 Å². The lowest BCUT2D eigenvalue weighted by atomic mass is 9.94. The van der Waals surface area contributed by atoms with Crippen molar-refractivity contribution in [2.45, 2.75) is 48.5 Å². The van der Waals surface area contributed by atoms with Crippen molar-refractivity contribution in [3.63, 3.8) is 0 Å². The third-order valence-corrected chi connectivity index (χ3v) is 4.67. The minimum absolute atomic E-state index is 0.203. The molecule has 6 atom stereocenters. The number of aliphatic hydroxyl groups is 2. The van der Waals surface area contributed by atoms with Crippen molar-refractivity contribution < 1.29 is 37.2 Å².